The lowest BCUT2D eigenvalue weighted by Gasteiger charge is -2.30. The van der Waals surface area contributed by atoms with Crippen molar-refractivity contribution in [1.82, 2.24) is 10.2 Å². The van der Waals surface area contributed by atoms with Crippen molar-refractivity contribution in [2.45, 2.75) is 51.8 Å². The zero-order valence-corrected chi connectivity index (χ0v) is 20.7. The van der Waals surface area contributed by atoms with Crippen LogP contribution in [0, 0.1) is 0 Å². The summed E-state index contributed by atoms with van der Waals surface area (Å²) in [6.45, 7) is 6.14. The summed E-state index contributed by atoms with van der Waals surface area (Å²) in [6.07, 6.45) is -0.918. The van der Waals surface area contributed by atoms with Gasteiger partial charge in [-0.1, -0.05) is 59.6 Å². The van der Waals surface area contributed by atoms with Crippen molar-refractivity contribution < 1.29 is 29.0 Å². The summed E-state index contributed by atoms with van der Waals surface area (Å²) in [7, 11) is 0. The number of imide groups is 1. The first-order valence-electron chi connectivity index (χ1n) is 10.4. The van der Waals surface area contributed by atoms with Crippen LogP contribution in [0.25, 0.3) is 0 Å². The Hall–Kier alpha value is -3.10. The molecule has 0 heterocycles. The van der Waals surface area contributed by atoms with E-state index in [9.17, 15) is 24.3 Å². The standard InChI is InChI=1S/C24H26Cl2N2O6/c1-14(22(31)32)28(21(30)19-16(25)11-8-12-17(19)26)20(29)18(13-15-9-6-5-7-10-15)27-23(33)34-24(2,3)4/h5-12,14,18H,13H2,1-4H3,(H,27,33)(H,31,32)/t14-,18-/m0/s1. The fourth-order valence-electron chi connectivity index (χ4n) is 3.07. The number of ether oxygens (including phenoxy) is 1. The molecule has 0 aromatic heterocycles. The minimum absolute atomic E-state index is 0.0225. The van der Waals surface area contributed by atoms with Crippen molar-refractivity contribution in [2.24, 2.45) is 0 Å². The number of hydrogen-bond donors (Lipinski definition) is 2. The minimum Gasteiger partial charge on any atom is -0.480 e. The number of hydrogen-bond acceptors (Lipinski definition) is 5. The molecule has 0 aliphatic heterocycles. The van der Waals surface area contributed by atoms with Crippen LogP contribution >= 0.6 is 23.2 Å². The van der Waals surface area contributed by atoms with Gasteiger partial charge in [-0.15, -0.1) is 0 Å². The molecule has 8 nitrogen and oxygen atoms in total. The number of aliphatic carboxylic acids is 1. The Morgan fingerprint density at radius 1 is 1.00 bits per heavy atom. The number of carboxylic acid groups (broad SMARTS) is 1. The Kier molecular flexibility index (Phi) is 9.06. The second-order valence-electron chi connectivity index (χ2n) is 8.51. The molecule has 0 aliphatic carbocycles. The van der Waals surface area contributed by atoms with Gasteiger partial charge in [0.25, 0.3) is 11.8 Å². The molecular formula is C24H26Cl2N2O6. The summed E-state index contributed by atoms with van der Waals surface area (Å²) in [5.74, 6) is -3.38. The van der Waals surface area contributed by atoms with Crippen molar-refractivity contribution >= 4 is 47.1 Å². The van der Waals surface area contributed by atoms with E-state index >= 15 is 0 Å². The first kappa shape index (κ1) is 27.1. The van der Waals surface area contributed by atoms with E-state index in [1.807, 2.05) is 0 Å². The SMILES string of the molecule is C[C@@H](C(=O)O)N(C(=O)c1c(Cl)cccc1Cl)C(=O)[C@H](Cc1ccccc1)NC(=O)OC(C)(C)C. The first-order valence-corrected chi connectivity index (χ1v) is 11.1. The number of nitrogens with one attached hydrogen (secondary N) is 1. The highest BCUT2D eigenvalue weighted by molar-refractivity contribution is 6.40. The molecule has 10 heteroatoms. The van der Waals surface area contributed by atoms with Crippen LogP contribution < -0.4 is 5.32 Å². The molecule has 2 aromatic carbocycles. The number of nitrogens with zero attached hydrogens (tertiary/aromatic N) is 1. The molecule has 2 N–H and O–H groups in total. The maximum Gasteiger partial charge on any atom is 0.408 e. The largest absolute Gasteiger partial charge is 0.480 e. The molecule has 0 spiro atoms. The molecule has 0 fully saturated rings. The molecule has 0 aliphatic rings. The Morgan fingerprint density at radius 2 is 1.56 bits per heavy atom. The van der Waals surface area contributed by atoms with E-state index in [0.29, 0.717) is 10.5 Å². The molecule has 182 valence electrons. The van der Waals surface area contributed by atoms with Crippen molar-refractivity contribution in [2.75, 3.05) is 0 Å². The number of carbonyl (C=O) groups is 4. The van der Waals surface area contributed by atoms with Crippen LogP contribution in [0.4, 0.5) is 4.79 Å². The van der Waals surface area contributed by atoms with Crippen molar-refractivity contribution in [3.8, 4) is 0 Å². The summed E-state index contributed by atoms with van der Waals surface area (Å²) >= 11 is 12.3. The van der Waals surface area contributed by atoms with Gasteiger partial charge in [0, 0.05) is 6.42 Å². The summed E-state index contributed by atoms with van der Waals surface area (Å²) < 4.78 is 5.26. The number of alkyl carbamates (subject to hydrolysis) is 1. The van der Waals surface area contributed by atoms with Crippen LogP contribution in [-0.4, -0.2) is 51.6 Å². The van der Waals surface area contributed by atoms with Crippen molar-refractivity contribution in [3.05, 3.63) is 69.7 Å². The number of rotatable bonds is 7. The second-order valence-corrected chi connectivity index (χ2v) is 9.33. The third-order valence-corrected chi connectivity index (χ3v) is 5.28. The van der Waals surface area contributed by atoms with Crippen molar-refractivity contribution in [1.29, 1.82) is 0 Å². The smallest absolute Gasteiger partial charge is 0.408 e. The van der Waals surface area contributed by atoms with Gasteiger partial charge in [0.2, 0.25) is 0 Å². The van der Waals surface area contributed by atoms with Gasteiger partial charge in [0.05, 0.1) is 15.6 Å². The van der Waals surface area contributed by atoms with E-state index in [-0.39, 0.29) is 22.0 Å². The van der Waals surface area contributed by atoms with Crippen LogP contribution in [0.2, 0.25) is 10.0 Å². The second kappa shape index (κ2) is 11.4. The van der Waals surface area contributed by atoms with Crippen LogP contribution in [0.5, 0.6) is 0 Å². The normalized spacial score (nSPS) is 12.9. The van der Waals surface area contributed by atoms with Crippen LogP contribution in [0.15, 0.2) is 48.5 Å². The maximum absolute atomic E-state index is 13.6. The topological polar surface area (TPSA) is 113 Å². The van der Waals surface area contributed by atoms with Crippen molar-refractivity contribution in [3.63, 3.8) is 0 Å². The van der Waals surface area contributed by atoms with E-state index in [0.717, 1.165) is 0 Å². The molecule has 3 amide bonds. The molecule has 0 unspecified atom stereocenters. The van der Waals surface area contributed by atoms with Crippen LogP contribution in [0.1, 0.15) is 43.6 Å². The summed E-state index contributed by atoms with van der Waals surface area (Å²) in [5.41, 5.74) is -0.398. The third-order valence-electron chi connectivity index (χ3n) is 4.65. The lowest BCUT2D eigenvalue weighted by atomic mass is 10.0. The van der Waals surface area contributed by atoms with Gasteiger partial charge in [0.1, 0.15) is 17.7 Å². The summed E-state index contributed by atoms with van der Waals surface area (Å²) in [4.78, 5) is 51.8. The van der Waals surface area contributed by atoms with Gasteiger partial charge in [-0.2, -0.15) is 0 Å². The highest BCUT2D eigenvalue weighted by Gasteiger charge is 2.38. The van der Waals surface area contributed by atoms with E-state index in [1.165, 1.54) is 25.1 Å². The molecule has 0 saturated carbocycles. The molecule has 0 bridgehead atoms. The average molecular weight is 509 g/mol. The van der Waals surface area contributed by atoms with Gasteiger partial charge in [0.15, 0.2) is 0 Å². The van der Waals surface area contributed by atoms with E-state index in [1.54, 1.807) is 51.1 Å². The zero-order valence-electron chi connectivity index (χ0n) is 19.2. The van der Waals surface area contributed by atoms with Crippen LogP contribution in [-0.2, 0) is 20.7 Å². The molecule has 2 rings (SSSR count). The quantitative estimate of drug-likeness (QED) is 0.566. The average Bonchev–Trinajstić information content (AvgIpc) is 2.72. The highest BCUT2D eigenvalue weighted by Crippen LogP contribution is 2.27. The van der Waals surface area contributed by atoms with E-state index in [4.69, 9.17) is 27.9 Å². The fourth-order valence-corrected chi connectivity index (χ4v) is 3.63. The molecule has 0 saturated heterocycles. The molecule has 0 radical (unpaired) electrons. The predicted octanol–water partition coefficient (Wildman–Crippen LogP) is 4.57. The zero-order chi connectivity index (χ0) is 25.6. The van der Waals surface area contributed by atoms with Gasteiger partial charge in [-0.05, 0) is 45.4 Å². The Bertz CT molecular complexity index is 1050. The Labute approximate surface area is 207 Å². The van der Waals surface area contributed by atoms with Gasteiger partial charge < -0.3 is 15.2 Å². The number of amides is 3. The van der Waals surface area contributed by atoms with Gasteiger partial charge in [-0.25, -0.2) is 9.59 Å². The number of halogens is 2. The molecule has 2 atom stereocenters. The molecule has 2 aromatic rings. The summed E-state index contributed by atoms with van der Waals surface area (Å²) in [5, 5.41) is 12.0. The first-order chi connectivity index (χ1) is 15.8. The fraction of sp³-hybridized carbons (Fsp3) is 0.333. The lowest BCUT2D eigenvalue weighted by molar-refractivity contribution is -0.147. The lowest BCUT2D eigenvalue weighted by Crippen LogP contribution is -2.56. The predicted molar refractivity (Wildman–Crippen MR) is 128 cm³/mol. The monoisotopic (exact) mass is 508 g/mol. The Balaban J connectivity index is 2.50. The molecular weight excluding hydrogens is 483 g/mol. The number of carboxylic acids is 1. The minimum atomic E-state index is -1.58. The van der Waals surface area contributed by atoms with Crippen LogP contribution in [0.3, 0.4) is 0 Å². The number of benzene rings is 2. The maximum atomic E-state index is 13.6. The third kappa shape index (κ3) is 7.20. The highest BCUT2D eigenvalue weighted by atomic mass is 35.5. The summed E-state index contributed by atoms with van der Waals surface area (Å²) in [6, 6.07) is 10.1. The van der Waals surface area contributed by atoms with Gasteiger partial charge in [-0.3, -0.25) is 14.5 Å². The number of carbonyl (C=O) groups excluding carboxylic acids is 3. The Morgan fingerprint density at radius 3 is 2.06 bits per heavy atom. The van der Waals surface area contributed by atoms with Gasteiger partial charge >= 0.3 is 12.1 Å². The van der Waals surface area contributed by atoms with E-state index in [2.05, 4.69) is 5.32 Å². The molecule has 34 heavy (non-hydrogen) atoms. The van der Waals surface area contributed by atoms with E-state index < -0.39 is 41.6 Å².